The van der Waals surface area contributed by atoms with Crippen LogP contribution in [0.2, 0.25) is 0 Å². The van der Waals surface area contributed by atoms with E-state index in [9.17, 15) is 9.59 Å². The van der Waals surface area contributed by atoms with Crippen LogP contribution in [0, 0.1) is 5.92 Å². The van der Waals surface area contributed by atoms with Crippen LogP contribution in [-0.4, -0.2) is 48.0 Å². The fraction of sp³-hybridized carbons (Fsp3) is 0.542. The molecule has 1 saturated heterocycles. The molecule has 1 unspecified atom stereocenters. The Morgan fingerprint density at radius 1 is 1.19 bits per heavy atom. The minimum Gasteiger partial charge on any atom is -0.490 e. The fourth-order valence-electron chi connectivity index (χ4n) is 4.17. The number of nitrogens with one attached hydrogen (secondary N) is 1. The third-order valence-corrected chi connectivity index (χ3v) is 7.01. The fourth-order valence-corrected chi connectivity index (χ4v) is 5.34. The normalized spacial score (nSPS) is 18.1. The summed E-state index contributed by atoms with van der Waals surface area (Å²) >= 11 is 1.56. The number of hydrogen-bond donors (Lipinski definition) is 1. The molecule has 1 aromatic carbocycles. The van der Waals surface area contributed by atoms with E-state index < -0.39 is 0 Å². The van der Waals surface area contributed by atoms with E-state index in [0.717, 1.165) is 50.9 Å². The van der Waals surface area contributed by atoms with Gasteiger partial charge in [-0.1, -0.05) is 6.92 Å². The summed E-state index contributed by atoms with van der Waals surface area (Å²) in [6.07, 6.45) is 6.40. The van der Waals surface area contributed by atoms with Gasteiger partial charge in [0.15, 0.2) is 23.2 Å². The van der Waals surface area contributed by atoms with Crippen molar-refractivity contribution in [3.05, 3.63) is 34.3 Å². The zero-order valence-corrected chi connectivity index (χ0v) is 19.6. The molecule has 1 aromatic heterocycles. The van der Waals surface area contributed by atoms with Crippen LogP contribution in [0.5, 0.6) is 11.5 Å². The zero-order valence-electron chi connectivity index (χ0n) is 18.8. The number of amides is 2. The Morgan fingerprint density at radius 2 is 2.00 bits per heavy atom. The maximum Gasteiger partial charge on any atom is 0.260 e. The monoisotopic (exact) mass is 457 g/mol. The second kappa shape index (κ2) is 10.3. The van der Waals surface area contributed by atoms with Crippen molar-refractivity contribution in [3.8, 4) is 11.5 Å². The van der Waals surface area contributed by atoms with E-state index in [-0.39, 0.29) is 18.4 Å². The molecule has 2 aliphatic rings. The first kappa shape index (κ1) is 22.6. The molecule has 1 N–H and O–H groups in total. The topological polar surface area (TPSA) is 80.8 Å². The predicted octanol–water partition coefficient (Wildman–Crippen LogP) is 4.31. The molecule has 32 heavy (non-hydrogen) atoms. The van der Waals surface area contributed by atoms with Crippen molar-refractivity contribution in [3.63, 3.8) is 0 Å². The van der Waals surface area contributed by atoms with Crippen LogP contribution in [0.25, 0.3) is 0 Å². The summed E-state index contributed by atoms with van der Waals surface area (Å²) in [5.41, 5.74) is 1.57. The molecule has 1 aliphatic carbocycles. The lowest BCUT2D eigenvalue weighted by Crippen LogP contribution is -2.38. The van der Waals surface area contributed by atoms with Crippen LogP contribution in [0.3, 0.4) is 0 Å². The highest BCUT2D eigenvalue weighted by Gasteiger charge is 2.22. The first-order valence-electron chi connectivity index (χ1n) is 11.5. The second-order valence-electron chi connectivity index (χ2n) is 8.52. The smallest absolute Gasteiger partial charge is 0.260 e. The van der Waals surface area contributed by atoms with Crippen LogP contribution < -0.4 is 14.8 Å². The Bertz CT molecular complexity index is 968. The number of aryl methyl sites for hydroxylation is 1. The Morgan fingerprint density at radius 3 is 2.78 bits per heavy atom. The highest BCUT2D eigenvalue weighted by Crippen LogP contribution is 2.33. The number of nitrogens with zero attached hydrogens (tertiary/aromatic N) is 2. The Hall–Kier alpha value is -2.61. The molecule has 1 aliphatic heterocycles. The van der Waals surface area contributed by atoms with Gasteiger partial charge in [-0.3, -0.25) is 14.9 Å². The Labute approximate surface area is 193 Å². The van der Waals surface area contributed by atoms with Gasteiger partial charge in [-0.25, -0.2) is 4.98 Å². The third-order valence-electron chi connectivity index (χ3n) is 5.97. The van der Waals surface area contributed by atoms with Gasteiger partial charge in [0.1, 0.15) is 0 Å². The van der Waals surface area contributed by atoms with Crippen LogP contribution in [-0.2, 0) is 17.6 Å². The molecule has 2 heterocycles. The summed E-state index contributed by atoms with van der Waals surface area (Å²) in [6, 6.07) is 5.04. The minimum atomic E-state index is -0.235. The summed E-state index contributed by atoms with van der Waals surface area (Å²) < 4.78 is 11.5. The van der Waals surface area contributed by atoms with Crippen LogP contribution >= 0.6 is 11.3 Å². The van der Waals surface area contributed by atoms with Crippen molar-refractivity contribution in [1.82, 2.24) is 9.88 Å². The number of rotatable bonds is 7. The first-order valence-corrected chi connectivity index (χ1v) is 12.3. The molecule has 172 valence electrons. The standard InChI is InChI=1S/C24H31N3O4S/c1-3-30-20-14-17(8-10-19(20)31-15-22(28)27-11-5-4-6-12-27)23(29)26-24-25-18-9-7-16(2)13-21(18)32-24/h8,10,14,16H,3-7,9,11-13,15H2,1-2H3,(H,25,26,29). The molecule has 4 rings (SSSR count). The number of anilines is 1. The number of benzene rings is 1. The average Bonchev–Trinajstić information content (AvgIpc) is 3.20. The molecule has 2 amide bonds. The minimum absolute atomic E-state index is 0.0176. The van der Waals surface area contributed by atoms with Crippen LogP contribution in [0.1, 0.15) is 60.5 Å². The molecule has 1 atom stereocenters. The predicted molar refractivity (Wildman–Crippen MR) is 125 cm³/mol. The number of likely N-dealkylation sites (tertiary alicyclic amines) is 1. The molecule has 0 radical (unpaired) electrons. The molecule has 1 fully saturated rings. The van der Waals surface area contributed by atoms with Crippen molar-refractivity contribution in [2.45, 2.75) is 52.4 Å². The molecule has 8 heteroatoms. The molecule has 2 aromatic rings. The van der Waals surface area contributed by atoms with E-state index in [2.05, 4.69) is 17.2 Å². The molecular weight excluding hydrogens is 426 g/mol. The number of aromatic nitrogens is 1. The maximum atomic E-state index is 12.8. The molecule has 7 nitrogen and oxygen atoms in total. The maximum absolute atomic E-state index is 12.8. The lowest BCUT2D eigenvalue weighted by molar-refractivity contribution is -0.134. The van der Waals surface area contributed by atoms with Crippen LogP contribution in [0.15, 0.2) is 18.2 Å². The lowest BCUT2D eigenvalue weighted by atomic mass is 9.93. The number of piperidine rings is 1. The van der Waals surface area contributed by atoms with E-state index in [1.807, 2.05) is 11.8 Å². The third kappa shape index (κ3) is 5.41. The number of carbonyl (C=O) groups excluding carboxylic acids is 2. The van der Waals surface area contributed by atoms with E-state index in [4.69, 9.17) is 9.47 Å². The van der Waals surface area contributed by atoms with Gasteiger partial charge in [-0.05, 0) is 69.6 Å². The average molecular weight is 458 g/mol. The van der Waals surface area contributed by atoms with Gasteiger partial charge in [0, 0.05) is 23.5 Å². The summed E-state index contributed by atoms with van der Waals surface area (Å²) in [5.74, 6) is 1.33. The largest absolute Gasteiger partial charge is 0.490 e. The van der Waals surface area contributed by atoms with E-state index >= 15 is 0 Å². The molecule has 0 bridgehead atoms. The van der Waals surface area contributed by atoms with Gasteiger partial charge in [-0.15, -0.1) is 11.3 Å². The SMILES string of the molecule is CCOc1cc(C(=O)Nc2nc3c(s2)CC(C)CC3)ccc1OCC(=O)N1CCCCC1. The van der Waals surface area contributed by atoms with Gasteiger partial charge < -0.3 is 14.4 Å². The van der Waals surface area contributed by atoms with Crippen LogP contribution in [0.4, 0.5) is 5.13 Å². The van der Waals surface area contributed by atoms with Crippen molar-refractivity contribution in [2.24, 2.45) is 5.92 Å². The second-order valence-corrected chi connectivity index (χ2v) is 9.60. The number of ether oxygens (including phenoxy) is 2. The number of carbonyl (C=O) groups is 2. The zero-order chi connectivity index (χ0) is 22.5. The molecular formula is C24H31N3O4S. The quantitative estimate of drug-likeness (QED) is 0.670. The first-order chi connectivity index (χ1) is 15.5. The van der Waals surface area contributed by atoms with Gasteiger partial charge >= 0.3 is 0 Å². The van der Waals surface area contributed by atoms with Crippen molar-refractivity contribution >= 4 is 28.3 Å². The van der Waals surface area contributed by atoms with E-state index in [0.29, 0.717) is 34.7 Å². The Balaban J connectivity index is 1.41. The summed E-state index contributed by atoms with van der Waals surface area (Å²) in [7, 11) is 0. The number of fused-ring (bicyclic) bond motifs is 1. The lowest BCUT2D eigenvalue weighted by Gasteiger charge is -2.26. The van der Waals surface area contributed by atoms with E-state index in [1.165, 1.54) is 11.3 Å². The molecule has 0 saturated carbocycles. The highest BCUT2D eigenvalue weighted by molar-refractivity contribution is 7.15. The van der Waals surface area contributed by atoms with Crippen molar-refractivity contribution in [2.75, 3.05) is 31.6 Å². The van der Waals surface area contributed by atoms with E-state index in [1.54, 1.807) is 29.5 Å². The summed E-state index contributed by atoms with van der Waals surface area (Å²) in [4.78, 5) is 33.0. The Kier molecular flexibility index (Phi) is 7.29. The van der Waals surface area contributed by atoms with Gasteiger partial charge in [0.05, 0.1) is 12.3 Å². The summed E-state index contributed by atoms with van der Waals surface area (Å²) in [5, 5.41) is 3.56. The summed E-state index contributed by atoms with van der Waals surface area (Å²) in [6.45, 7) is 6.10. The number of hydrogen-bond acceptors (Lipinski definition) is 6. The number of thiazole rings is 1. The highest BCUT2D eigenvalue weighted by atomic mass is 32.1. The van der Waals surface area contributed by atoms with Crippen molar-refractivity contribution in [1.29, 1.82) is 0 Å². The van der Waals surface area contributed by atoms with Gasteiger partial charge in [0.2, 0.25) is 0 Å². The molecule has 0 spiro atoms. The van der Waals surface area contributed by atoms with Gasteiger partial charge in [0.25, 0.3) is 11.8 Å². The van der Waals surface area contributed by atoms with Gasteiger partial charge in [-0.2, -0.15) is 0 Å². The van der Waals surface area contributed by atoms with Crippen molar-refractivity contribution < 1.29 is 19.1 Å².